The Bertz CT molecular complexity index is 698. The summed E-state index contributed by atoms with van der Waals surface area (Å²) in [5.41, 5.74) is 1.90. The van der Waals surface area contributed by atoms with Crippen molar-refractivity contribution < 1.29 is 5.11 Å². The Labute approximate surface area is 143 Å². The van der Waals surface area contributed by atoms with Crippen molar-refractivity contribution in [3.8, 4) is 5.75 Å². The molecule has 2 aromatic heterocycles. The maximum Gasteiger partial charge on any atom is 0.223 e. The van der Waals surface area contributed by atoms with E-state index < -0.39 is 0 Å². The SMILES string of the molecule is CCC(C)n1cc(O)c(=O)cc1CN(CC)CCc1ccncc1. The summed E-state index contributed by atoms with van der Waals surface area (Å²) in [6, 6.07) is 5.87. The molecule has 2 rings (SSSR count). The van der Waals surface area contributed by atoms with Gasteiger partial charge in [-0.15, -0.1) is 0 Å². The van der Waals surface area contributed by atoms with Gasteiger partial charge in [-0.05, 0) is 44.0 Å². The van der Waals surface area contributed by atoms with E-state index in [1.807, 2.05) is 29.1 Å². The van der Waals surface area contributed by atoms with Crippen molar-refractivity contribution in [1.29, 1.82) is 0 Å². The fraction of sp³-hybridized carbons (Fsp3) is 0.474. The van der Waals surface area contributed by atoms with E-state index in [2.05, 4.69) is 30.7 Å². The molecule has 5 heteroatoms. The van der Waals surface area contributed by atoms with Crippen molar-refractivity contribution in [3.05, 3.63) is 58.3 Å². The van der Waals surface area contributed by atoms with E-state index in [-0.39, 0.29) is 17.2 Å². The summed E-state index contributed by atoms with van der Waals surface area (Å²) >= 11 is 0. The van der Waals surface area contributed by atoms with Crippen LogP contribution < -0.4 is 5.43 Å². The maximum absolute atomic E-state index is 11.9. The minimum atomic E-state index is -0.310. The molecule has 0 saturated heterocycles. The lowest BCUT2D eigenvalue weighted by Crippen LogP contribution is -2.28. The Morgan fingerprint density at radius 2 is 2.00 bits per heavy atom. The van der Waals surface area contributed by atoms with Gasteiger partial charge in [0.15, 0.2) is 5.75 Å². The molecular weight excluding hydrogens is 302 g/mol. The van der Waals surface area contributed by atoms with Crippen LogP contribution in [0.2, 0.25) is 0 Å². The van der Waals surface area contributed by atoms with Gasteiger partial charge in [0, 0.05) is 43.3 Å². The van der Waals surface area contributed by atoms with Gasteiger partial charge in [0.05, 0.1) is 6.20 Å². The molecule has 0 saturated carbocycles. The van der Waals surface area contributed by atoms with Crippen LogP contribution in [0.15, 0.2) is 41.6 Å². The lowest BCUT2D eigenvalue weighted by atomic mass is 10.1. The van der Waals surface area contributed by atoms with Crippen LogP contribution in [0.5, 0.6) is 5.75 Å². The van der Waals surface area contributed by atoms with Gasteiger partial charge >= 0.3 is 0 Å². The van der Waals surface area contributed by atoms with Gasteiger partial charge in [0.2, 0.25) is 5.43 Å². The molecule has 2 aromatic rings. The summed E-state index contributed by atoms with van der Waals surface area (Å²) in [5.74, 6) is -0.182. The first-order chi connectivity index (χ1) is 11.5. The molecule has 0 fully saturated rings. The first-order valence-electron chi connectivity index (χ1n) is 8.60. The normalized spacial score (nSPS) is 12.5. The number of pyridine rings is 2. The zero-order valence-corrected chi connectivity index (χ0v) is 14.8. The number of likely N-dealkylation sites (N-methyl/N-ethyl adjacent to an activating group) is 1. The smallest absolute Gasteiger partial charge is 0.223 e. The van der Waals surface area contributed by atoms with Crippen LogP contribution in [0.25, 0.3) is 0 Å². The highest BCUT2D eigenvalue weighted by Crippen LogP contribution is 2.17. The zero-order valence-electron chi connectivity index (χ0n) is 14.8. The second-order valence-electron chi connectivity index (χ2n) is 6.15. The number of hydrogen-bond acceptors (Lipinski definition) is 4. The minimum absolute atomic E-state index is 0.182. The van der Waals surface area contributed by atoms with E-state index in [0.717, 1.165) is 31.6 Å². The fourth-order valence-corrected chi connectivity index (χ4v) is 2.73. The second-order valence-corrected chi connectivity index (χ2v) is 6.15. The van der Waals surface area contributed by atoms with Crippen LogP contribution >= 0.6 is 0 Å². The molecule has 2 heterocycles. The van der Waals surface area contributed by atoms with E-state index >= 15 is 0 Å². The van der Waals surface area contributed by atoms with E-state index in [0.29, 0.717) is 6.54 Å². The molecule has 0 spiro atoms. The lowest BCUT2D eigenvalue weighted by molar-refractivity contribution is 0.271. The van der Waals surface area contributed by atoms with Gasteiger partial charge in [-0.2, -0.15) is 0 Å². The van der Waals surface area contributed by atoms with Gasteiger partial charge < -0.3 is 9.67 Å². The van der Waals surface area contributed by atoms with Gasteiger partial charge in [-0.3, -0.25) is 14.7 Å². The molecule has 5 nitrogen and oxygen atoms in total. The Morgan fingerprint density at radius 1 is 1.29 bits per heavy atom. The third-order valence-corrected chi connectivity index (χ3v) is 4.51. The summed E-state index contributed by atoms with van der Waals surface area (Å²) in [4.78, 5) is 18.2. The van der Waals surface area contributed by atoms with Crippen molar-refractivity contribution in [2.24, 2.45) is 0 Å². The molecule has 0 aliphatic carbocycles. The monoisotopic (exact) mass is 329 g/mol. The van der Waals surface area contributed by atoms with Crippen molar-refractivity contribution in [2.75, 3.05) is 13.1 Å². The molecule has 0 bridgehead atoms. The summed E-state index contributed by atoms with van der Waals surface area (Å²) < 4.78 is 2.02. The van der Waals surface area contributed by atoms with Crippen LogP contribution in [0.3, 0.4) is 0 Å². The number of hydrogen-bond donors (Lipinski definition) is 1. The Hall–Kier alpha value is -2.14. The van der Waals surface area contributed by atoms with Crippen LogP contribution in [-0.4, -0.2) is 32.6 Å². The highest BCUT2D eigenvalue weighted by atomic mass is 16.3. The highest BCUT2D eigenvalue weighted by Gasteiger charge is 2.13. The summed E-state index contributed by atoms with van der Waals surface area (Å²) in [7, 11) is 0. The first kappa shape index (κ1) is 18.2. The third kappa shape index (κ3) is 4.68. The molecule has 24 heavy (non-hydrogen) atoms. The number of aromatic hydroxyl groups is 1. The van der Waals surface area contributed by atoms with E-state index in [1.54, 1.807) is 12.3 Å². The van der Waals surface area contributed by atoms with E-state index in [1.165, 1.54) is 5.56 Å². The van der Waals surface area contributed by atoms with Crippen molar-refractivity contribution in [1.82, 2.24) is 14.5 Å². The quantitative estimate of drug-likeness (QED) is 0.809. The van der Waals surface area contributed by atoms with E-state index in [9.17, 15) is 9.90 Å². The maximum atomic E-state index is 11.9. The van der Waals surface area contributed by atoms with Gasteiger partial charge in [-0.1, -0.05) is 13.8 Å². The standard InChI is InChI=1S/C19H27N3O2/c1-4-15(3)22-14-19(24)18(23)12-17(22)13-21(5-2)11-8-16-6-9-20-10-7-16/h6-7,9-10,12,14-15,24H,4-5,8,11,13H2,1-3H3. The highest BCUT2D eigenvalue weighted by molar-refractivity contribution is 5.21. The largest absolute Gasteiger partial charge is 0.503 e. The Balaban J connectivity index is 2.14. The lowest BCUT2D eigenvalue weighted by Gasteiger charge is -2.25. The summed E-state index contributed by atoms with van der Waals surface area (Å²) in [6.07, 6.45) is 7.08. The predicted octanol–water partition coefficient (Wildman–Crippen LogP) is 2.98. The number of rotatable bonds is 8. The molecule has 0 aromatic carbocycles. The summed E-state index contributed by atoms with van der Waals surface area (Å²) in [5, 5.41) is 9.76. The average molecular weight is 329 g/mol. The first-order valence-corrected chi connectivity index (χ1v) is 8.60. The van der Waals surface area contributed by atoms with Gasteiger partial charge in [0.25, 0.3) is 0 Å². The zero-order chi connectivity index (χ0) is 17.5. The molecule has 1 N–H and O–H groups in total. The van der Waals surface area contributed by atoms with Crippen LogP contribution in [-0.2, 0) is 13.0 Å². The van der Waals surface area contributed by atoms with Gasteiger partial charge in [-0.25, -0.2) is 0 Å². The van der Waals surface area contributed by atoms with Crippen molar-refractivity contribution >= 4 is 0 Å². The molecule has 0 aliphatic rings. The fourth-order valence-electron chi connectivity index (χ4n) is 2.73. The second kappa shape index (κ2) is 8.64. The Kier molecular flexibility index (Phi) is 6.55. The summed E-state index contributed by atoms with van der Waals surface area (Å²) in [6.45, 7) is 8.84. The molecule has 0 aliphatic heterocycles. The van der Waals surface area contributed by atoms with Crippen LogP contribution in [0.4, 0.5) is 0 Å². The molecule has 1 atom stereocenters. The predicted molar refractivity (Wildman–Crippen MR) is 96.3 cm³/mol. The molecule has 0 amide bonds. The number of nitrogens with zero attached hydrogens (tertiary/aromatic N) is 3. The molecule has 0 radical (unpaired) electrons. The molecule has 130 valence electrons. The van der Waals surface area contributed by atoms with E-state index in [4.69, 9.17) is 0 Å². The van der Waals surface area contributed by atoms with Crippen LogP contribution in [0, 0.1) is 0 Å². The molecular formula is C19H27N3O2. The minimum Gasteiger partial charge on any atom is -0.503 e. The molecule has 1 unspecified atom stereocenters. The topological polar surface area (TPSA) is 58.4 Å². The van der Waals surface area contributed by atoms with Gasteiger partial charge in [0.1, 0.15) is 0 Å². The Morgan fingerprint density at radius 3 is 2.62 bits per heavy atom. The van der Waals surface area contributed by atoms with Crippen molar-refractivity contribution in [3.63, 3.8) is 0 Å². The third-order valence-electron chi connectivity index (χ3n) is 4.51. The number of aromatic nitrogens is 2. The van der Waals surface area contributed by atoms with Crippen molar-refractivity contribution in [2.45, 2.75) is 46.2 Å². The van der Waals surface area contributed by atoms with Crippen LogP contribution in [0.1, 0.15) is 44.5 Å². The average Bonchev–Trinajstić information content (AvgIpc) is 2.61.